The van der Waals surface area contributed by atoms with Crippen molar-refractivity contribution in [3.05, 3.63) is 77.1 Å². The van der Waals surface area contributed by atoms with E-state index < -0.39 is 11.7 Å². The van der Waals surface area contributed by atoms with Crippen molar-refractivity contribution >= 4 is 12.0 Å². The normalized spacial score (nSPS) is 12.3. The number of hydrogen-bond donors (Lipinski definition) is 1. The van der Waals surface area contributed by atoms with Gasteiger partial charge in [-0.05, 0) is 36.3 Å². The van der Waals surface area contributed by atoms with Crippen LogP contribution in [0.4, 0.5) is 4.39 Å². The second-order valence-electron chi connectivity index (χ2n) is 4.83. The van der Waals surface area contributed by atoms with Gasteiger partial charge in [-0.25, -0.2) is 4.39 Å². The second kappa shape index (κ2) is 7.19. The van der Waals surface area contributed by atoms with Gasteiger partial charge < -0.3 is 5.32 Å². The highest BCUT2D eigenvalue weighted by atomic mass is 19.1. The zero-order chi connectivity index (χ0) is 15.9. The van der Waals surface area contributed by atoms with Crippen LogP contribution in [0.2, 0.25) is 0 Å². The molecule has 2 aromatic carbocycles. The maximum atomic E-state index is 13.1. The fraction of sp³-hybridized carbons (Fsp3) is 0.111. The van der Waals surface area contributed by atoms with Crippen LogP contribution in [0.3, 0.4) is 0 Å². The van der Waals surface area contributed by atoms with Gasteiger partial charge in [0, 0.05) is 0 Å². The number of carbonyl (C=O) groups is 1. The Labute approximate surface area is 128 Å². The number of halogens is 1. The number of carbonyl (C=O) groups excluding carboxylic acids is 1. The minimum Gasteiger partial charge on any atom is -0.345 e. The summed E-state index contributed by atoms with van der Waals surface area (Å²) in [5.74, 6) is -0.896. The summed E-state index contributed by atoms with van der Waals surface area (Å²) in [5, 5.41) is 11.9. The fourth-order valence-electron chi connectivity index (χ4n) is 2.01. The van der Waals surface area contributed by atoms with Gasteiger partial charge in [-0.2, -0.15) is 5.26 Å². The first kappa shape index (κ1) is 15.5. The minimum absolute atomic E-state index is 0.0617. The summed E-state index contributed by atoms with van der Waals surface area (Å²) in [5.41, 5.74) is 1.35. The Morgan fingerprint density at radius 1 is 1.23 bits per heavy atom. The summed E-state index contributed by atoms with van der Waals surface area (Å²) in [4.78, 5) is 12.2. The van der Waals surface area contributed by atoms with Gasteiger partial charge in [-0.3, -0.25) is 4.79 Å². The van der Waals surface area contributed by atoms with E-state index in [2.05, 4.69) is 5.32 Å². The minimum atomic E-state index is -0.483. The molecule has 4 heteroatoms. The van der Waals surface area contributed by atoms with Gasteiger partial charge in [0.05, 0.1) is 6.04 Å². The van der Waals surface area contributed by atoms with Crippen LogP contribution in [0.1, 0.15) is 24.1 Å². The first-order valence-electron chi connectivity index (χ1n) is 6.83. The van der Waals surface area contributed by atoms with Gasteiger partial charge >= 0.3 is 0 Å². The molecule has 0 aliphatic carbocycles. The molecular weight excluding hydrogens is 279 g/mol. The lowest BCUT2D eigenvalue weighted by Crippen LogP contribution is -2.27. The molecule has 1 N–H and O–H groups in total. The van der Waals surface area contributed by atoms with E-state index >= 15 is 0 Å². The van der Waals surface area contributed by atoms with E-state index in [1.165, 1.54) is 24.3 Å². The van der Waals surface area contributed by atoms with Crippen molar-refractivity contribution in [2.75, 3.05) is 0 Å². The van der Waals surface area contributed by atoms with Crippen LogP contribution in [0.25, 0.3) is 6.08 Å². The first-order valence-corrected chi connectivity index (χ1v) is 6.83. The number of benzene rings is 2. The molecule has 0 bridgehead atoms. The molecule has 0 fully saturated rings. The number of hydrogen-bond acceptors (Lipinski definition) is 2. The summed E-state index contributed by atoms with van der Waals surface area (Å²) in [6, 6.07) is 16.8. The SMILES string of the molecule is CC(NC(=O)/C(C#N)=C/c1cccc(F)c1)c1ccccc1. The maximum Gasteiger partial charge on any atom is 0.262 e. The highest BCUT2D eigenvalue weighted by Crippen LogP contribution is 2.13. The number of nitriles is 1. The molecular formula is C18H15FN2O. The van der Waals surface area contributed by atoms with Crippen LogP contribution in [-0.2, 0) is 4.79 Å². The van der Waals surface area contributed by atoms with Crippen molar-refractivity contribution in [2.24, 2.45) is 0 Å². The van der Waals surface area contributed by atoms with Gasteiger partial charge in [0.1, 0.15) is 17.5 Å². The predicted molar refractivity (Wildman–Crippen MR) is 83.0 cm³/mol. The Kier molecular flexibility index (Phi) is 5.05. The van der Waals surface area contributed by atoms with Gasteiger partial charge in [0.2, 0.25) is 0 Å². The molecule has 0 aromatic heterocycles. The standard InChI is InChI=1S/C18H15FN2O/c1-13(15-7-3-2-4-8-15)21-18(22)16(12-20)10-14-6-5-9-17(19)11-14/h2-11,13H,1H3,(H,21,22)/b16-10+. The zero-order valence-electron chi connectivity index (χ0n) is 12.1. The smallest absolute Gasteiger partial charge is 0.262 e. The summed E-state index contributed by atoms with van der Waals surface area (Å²) in [6.07, 6.45) is 1.37. The molecule has 1 atom stereocenters. The third-order valence-electron chi connectivity index (χ3n) is 3.17. The number of nitrogens with zero attached hydrogens (tertiary/aromatic N) is 1. The van der Waals surface area contributed by atoms with Crippen molar-refractivity contribution in [1.82, 2.24) is 5.32 Å². The quantitative estimate of drug-likeness (QED) is 0.692. The second-order valence-corrected chi connectivity index (χ2v) is 4.83. The van der Waals surface area contributed by atoms with E-state index in [1.54, 1.807) is 6.07 Å². The molecule has 22 heavy (non-hydrogen) atoms. The van der Waals surface area contributed by atoms with Crippen LogP contribution >= 0.6 is 0 Å². The molecule has 0 saturated carbocycles. The number of amides is 1. The molecule has 110 valence electrons. The van der Waals surface area contributed by atoms with Gasteiger partial charge in [0.25, 0.3) is 5.91 Å². The third-order valence-corrected chi connectivity index (χ3v) is 3.17. The average molecular weight is 294 g/mol. The molecule has 0 heterocycles. The fourth-order valence-corrected chi connectivity index (χ4v) is 2.01. The Bertz CT molecular complexity index is 732. The summed E-state index contributed by atoms with van der Waals surface area (Å²) < 4.78 is 13.1. The lowest BCUT2D eigenvalue weighted by Gasteiger charge is -2.13. The Balaban J connectivity index is 2.14. The van der Waals surface area contributed by atoms with Crippen LogP contribution in [-0.4, -0.2) is 5.91 Å². The van der Waals surface area contributed by atoms with Crippen LogP contribution in [0, 0.1) is 17.1 Å². The molecule has 1 amide bonds. The van der Waals surface area contributed by atoms with Crippen LogP contribution in [0.5, 0.6) is 0 Å². The molecule has 0 spiro atoms. The molecule has 0 saturated heterocycles. The lowest BCUT2D eigenvalue weighted by molar-refractivity contribution is -0.117. The zero-order valence-corrected chi connectivity index (χ0v) is 12.1. The molecule has 1 unspecified atom stereocenters. The first-order chi connectivity index (χ1) is 10.6. The van der Waals surface area contributed by atoms with Crippen molar-refractivity contribution in [3.8, 4) is 6.07 Å². The average Bonchev–Trinajstić information content (AvgIpc) is 2.53. The van der Waals surface area contributed by atoms with E-state index in [1.807, 2.05) is 43.3 Å². The van der Waals surface area contributed by atoms with Gasteiger partial charge in [0.15, 0.2) is 0 Å². The van der Waals surface area contributed by atoms with Crippen molar-refractivity contribution < 1.29 is 9.18 Å². The lowest BCUT2D eigenvalue weighted by atomic mass is 10.1. The molecule has 3 nitrogen and oxygen atoms in total. The largest absolute Gasteiger partial charge is 0.345 e. The van der Waals surface area contributed by atoms with E-state index in [-0.39, 0.29) is 11.6 Å². The van der Waals surface area contributed by atoms with Crippen molar-refractivity contribution in [1.29, 1.82) is 5.26 Å². The highest BCUT2D eigenvalue weighted by molar-refractivity contribution is 6.01. The highest BCUT2D eigenvalue weighted by Gasteiger charge is 2.13. The molecule has 0 aliphatic rings. The van der Waals surface area contributed by atoms with Crippen molar-refractivity contribution in [2.45, 2.75) is 13.0 Å². The summed E-state index contributed by atoms with van der Waals surface area (Å²) in [6.45, 7) is 1.84. The molecule has 0 aliphatic heterocycles. The van der Waals surface area contributed by atoms with E-state index in [0.29, 0.717) is 5.56 Å². The third kappa shape index (κ3) is 4.03. The van der Waals surface area contributed by atoms with E-state index in [4.69, 9.17) is 5.26 Å². The van der Waals surface area contributed by atoms with E-state index in [0.717, 1.165) is 5.56 Å². The Hall–Kier alpha value is -2.93. The predicted octanol–water partition coefficient (Wildman–Crippen LogP) is 3.61. The molecule has 2 rings (SSSR count). The summed E-state index contributed by atoms with van der Waals surface area (Å²) in [7, 11) is 0. The van der Waals surface area contributed by atoms with E-state index in [9.17, 15) is 9.18 Å². The van der Waals surface area contributed by atoms with Crippen LogP contribution in [0.15, 0.2) is 60.2 Å². The Morgan fingerprint density at radius 2 is 1.95 bits per heavy atom. The topological polar surface area (TPSA) is 52.9 Å². The Morgan fingerprint density at radius 3 is 2.59 bits per heavy atom. The molecule has 2 aromatic rings. The number of rotatable bonds is 4. The monoisotopic (exact) mass is 294 g/mol. The maximum absolute atomic E-state index is 13.1. The van der Waals surface area contributed by atoms with Crippen molar-refractivity contribution in [3.63, 3.8) is 0 Å². The van der Waals surface area contributed by atoms with Gasteiger partial charge in [-0.15, -0.1) is 0 Å². The number of nitrogens with one attached hydrogen (secondary N) is 1. The molecule has 0 radical (unpaired) electrons. The van der Waals surface area contributed by atoms with Crippen LogP contribution < -0.4 is 5.32 Å². The van der Waals surface area contributed by atoms with Gasteiger partial charge in [-0.1, -0.05) is 42.5 Å². The summed E-state index contributed by atoms with van der Waals surface area (Å²) >= 11 is 0.